The molecule has 2 amide bonds. The molecule has 0 aromatic rings. The van der Waals surface area contributed by atoms with E-state index in [4.69, 9.17) is 0 Å². The van der Waals surface area contributed by atoms with Crippen molar-refractivity contribution in [1.29, 1.82) is 0 Å². The van der Waals surface area contributed by atoms with E-state index in [2.05, 4.69) is 10.6 Å². The highest BCUT2D eigenvalue weighted by Gasteiger charge is 2.29. The molecule has 2 N–H and O–H groups in total. The summed E-state index contributed by atoms with van der Waals surface area (Å²) >= 11 is 0. The number of carbonyl (C=O) groups excluding carboxylic acids is 2. The number of nitrogens with zero attached hydrogens (tertiary/aromatic N) is 1. The Kier molecular flexibility index (Phi) is 9.67. The van der Waals surface area contributed by atoms with E-state index in [1.807, 2.05) is 19.0 Å². The smallest absolute Gasteiger partial charge is 0.225 e. The lowest BCUT2D eigenvalue weighted by molar-refractivity contribution is -0.135. The summed E-state index contributed by atoms with van der Waals surface area (Å²) in [5, 5.41) is 6.27. The first-order chi connectivity index (χ1) is 11.1. The van der Waals surface area contributed by atoms with Crippen LogP contribution in [-0.2, 0) is 9.59 Å². The first kappa shape index (κ1) is 21.2. The lowest BCUT2D eigenvalue weighted by Gasteiger charge is -2.31. The third-order valence-electron chi connectivity index (χ3n) is 5.46. The van der Waals surface area contributed by atoms with Crippen LogP contribution in [0.4, 0.5) is 0 Å². The molecule has 0 atom stereocenters. The minimum atomic E-state index is 0. The number of rotatable bonds is 7. The van der Waals surface area contributed by atoms with Crippen molar-refractivity contribution in [3.63, 3.8) is 0 Å². The molecule has 0 bridgehead atoms. The lowest BCUT2D eigenvalue weighted by atomic mass is 9.85. The summed E-state index contributed by atoms with van der Waals surface area (Å²) in [6.07, 6.45) is 9.37. The Hall–Kier alpha value is -0.810. The number of amides is 2. The van der Waals surface area contributed by atoms with Crippen LogP contribution < -0.4 is 10.6 Å². The van der Waals surface area contributed by atoms with Crippen LogP contribution in [0.1, 0.15) is 57.8 Å². The SMILES string of the molecule is CNCCN(C)C(=O)C1CCC(NC(=O)CC2CCCC2)CC1.Cl. The summed E-state index contributed by atoms with van der Waals surface area (Å²) in [4.78, 5) is 26.3. The fourth-order valence-corrected chi connectivity index (χ4v) is 3.95. The highest BCUT2D eigenvalue weighted by Crippen LogP contribution is 2.28. The Labute approximate surface area is 152 Å². The molecular weight excluding hydrogens is 326 g/mol. The zero-order valence-electron chi connectivity index (χ0n) is 15.2. The molecule has 0 aromatic carbocycles. The maximum absolute atomic E-state index is 12.4. The van der Waals surface area contributed by atoms with Gasteiger partial charge in [-0.3, -0.25) is 9.59 Å². The molecule has 2 saturated carbocycles. The van der Waals surface area contributed by atoms with Gasteiger partial charge in [-0.15, -0.1) is 12.4 Å². The second kappa shape index (κ2) is 10.9. The number of hydrogen-bond donors (Lipinski definition) is 2. The van der Waals surface area contributed by atoms with Gasteiger partial charge in [0.2, 0.25) is 11.8 Å². The summed E-state index contributed by atoms with van der Waals surface area (Å²) in [6.45, 7) is 1.59. The van der Waals surface area contributed by atoms with Crippen molar-refractivity contribution in [1.82, 2.24) is 15.5 Å². The Morgan fingerprint density at radius 1 is 1.04 bits per heavy atom. The van der Waals surface area contributed by atoms with Gasteiger partial charge in [-0.1, -0.05) is 12.8 Å². The lowest BCUT2D eigenvalue weighted by Crippen LogP contribution is -2.42. The first-order valence-electron chi connectivity index (χ1n) is 9.29. The van der Waals surface area contributed by atoms with Gasteiger partial charge in [0, 0.05) is 38.5 Å². The van der Waals surface area contributed by atoms with Crippen molar-refractivity contribution >= 4 is 24.2 Å². The average Bonchev–Trinajstić information content (AvgIpc) is 3.05. The molecule has 2 aliphatic carbocycles. The van der Waals surface area contributed by atoms with Gasteiger partial charge in [-0.25, -0.2) is 0 Å². The largest absolute Gasteiger partial charge is 0.353 e. The van der Waals surface area contributed by atoms with E-state index in [1.165, 1.54) is 25.7 Å². The van der Waals surface area contributed by atoms with Crippen LogP contribution in [-0.4, -0.2) is 49.9 Å². The molecule has 0 aliphatic heterocycles. The number of nitrogens with one attached hydrogen (secondary N) is 2. The van der Waals surface area contributed by atoms with Crippen LogP contribution in [0.2, 0.25) is 0 Å². The third kappa shape index (κ3) is 6.60. The molecule has 0 unspecified atom stereocenters. The van der Waals surface area contributed by atoms with Gasteiger partial charge in [-0.2, -0.15) is 0 Å². The highest BCUT2D eigenvalue weighted by molar-refractivity contribution is 5.85. The minimum Gasteiger partial charge on any atom is -0.353 e. The van der Waals surface area contributed by atoms with Gasteiger partial charge in [-0.05, 0) is 51.5 Å². The molecule has 140 valence electrons. The van der Waals surface area contributed by atoms with E-state index in [9.17, 15) is 9.59 Å². The Morgan fingerprint density at radius 2 is 1.67 bits per heavy atom. The van der Waals surface area contributed by atoms with Gasteiger partial charge in [0.05, 0.1) is 0 Å². The van der Waals surface area contributed by atoms with Crippen LogP contribution in [0, 0.1) is 11.8 Å². The predicted octanol–water partition coefficient (Wildman–Crippen LogP) is 2.34. The van der Waals surface area contributed by atoms with Gasteiger partial charge in [0.1, 0.15) is 0 Å². The topological polar surface area (TPSA) is 61.4 Å². The first-order valence-corrected chi connectivity index (χ1v) is 9.29. The maximum atomic E-state index is 12.4. The Morgan fingerprint density at radius 3 is 2.25 bits per heavy atom. The summed E-state index contributed by atoms with van der Waals surface area (Å²) < 4.78 is 0. The number of hydrogen-bond acceptors (Lipinski definition) is 3. The molecule has 6 heteroatoms. The summed E-state index contributed by atoms with van der Waals surface area (Å²) in [6, 6.07) is 0.274. The maximum Gasteiger partial charge on any atom is 0.225 e. The zero-order valence-corrected chi connectivity index (χ0v) is 16.0. The number of carbonyl (C=O) groups is 2. The fraction of sp³-hybridized carbons (Fsp3) is 0.889. The number of likely N-dealkylation sites (N-methyl/N-ethyl adjacent to an activating group) is 2. The van der Waals surface area contributed by atoms with Gasteiger partial charge < -0.3 is 15.5 Å². The summed E-state index contributed by atoms with van der Waals surface area (Å²) in [5.41, 5.74) is 0. The standard InChI is InChI=1S/C18H33N3O2.ClH/c1-19-11-12-21(2)18(23)15-7-9-16(10-8-15)20-17(22)13-14-5-3-4-6-14;/h14-16,19H,3-13H2,1-2H3,(H,20,22);1H. The van der Waals surface area contributed by atoms with E-state index in [0.717, 1.165) is 38.8 Å². The van der Waals surface area contributed by atoms with E-state index >= 15 is 0 Å². The van der Waals surface area contributed by atoms with Crippen molar-refractivity contribution in [3.05, 3.63) is 0 Å². The van der Waals surface area contributed by atoms with Gasteiger partial charge in [0.15, 0.2) is 0 Å². The Balaban J connectivity index is 0.00000288. The zero-order chi connectivity index (χ0) is 16.7. The molecule has 2 fully saturated rings. The molecule has 24 heavy (non-hydrogen) atoms. The predicted molar refractivity (Wildman–Crippen MR) is 99.3 cm³/mol. The van der Waals surface area contributed by atoms with Crippen LogP contribution in [0.15, 0.2) is 0 Å². The van der Waals surface area contributed by atoms with Gasteiger partial charge in [0.25, 0.3) is 0 Å². The highest BCUT2D eigenvalue weighted by atomic mass is 35.5. The third-order valence-corrected chi connectivity index (χ3v) is 5.46. The Bertz CT molecular complexity index is 392. The van der Waals surface area contributed by atoms with Crippen molar-refractivity contribution in [2.75, 3.05) is 27.2 Å². The van der Waals surface area contributed by atoms with Crippen LogP contribution in [0.3, 0.4) is 0 Å². The normalized spacial score (nSPS) is 24.2. The van der Waals surface area contributed by atoms with E-state index < -0.39 is 0 Å². The van der Waals surface area contributed by atoms with Crippen molar-refractivity contribution < 1.29 is 9.59 Å². The second-order valence-corrected chi connectivity index (χ2v) is 7.33. The van der Waals surface area contributed by atoms with Crippen molar-refractivity contribution in [3.8, 4) is 0 Å². The number of halogens is 1. The fourth-order valence-electron chi connectivity index (χ4n) is 3.95. The molecule has 2 aliphatic rings. The van der Waals surface area contributed by atoms with Crippen LogP contribution in [0.5, 0.6) is 0 Å². The monoisotopic (exact) mass is 359 g/mol. The average molecular weight is 360 g/mol. The molecule has 0 saturated heterocycles. The van der Waals surface area contributed by atoms with Crippen LogP contribution in [0.25, 0.3) is 0 Å². The minimum absolute atomic E-state index is 0. The van der Waals surface area contributed by atoms with E-state index in [1.54, 1.807) is 0 Å². The van der Waals surface area contributed by atoms with Crippen LogP contribution >= 0.6 is 12.4 Å². The quantitative estimate of drug-likeness (QED) is 0.733. The molecule has 2 rings (SSSR count). The summed E-state index contributed by atoms with van der Waals surface area (Å²) in [5.74, 6) is 1.22. The molecule has 0 radical (unpaired) electrons. The summed E-state index contributed by atoms with van der Waals surface area (Å²) in [7, 11) is 3.78. The second-order valence-electron chi connectivity index (χ2n) is 7.33. The van der Waals surface area contributed by atoms with E-state index in [-0.39, 0.29) is 36.2 Å². The molecular formula is C18H34ClN3O2. The molecule has 5 nitrogen and oxygen atoms in total. The molecule has 0 aromatic heterocycles. The molecule has 0 spiro atoms. The van der Waals surface area contributed by atoms with Crippen molar-refractivity contribution in [2.45, 2.75) is 63.8 Å². The molecule has 0 heterocycles. The van der Waals surface area contributed by atoms with Gasteiger partial charge >= 0.3 is 0 Å². The van der Waals surface area contributed by atoms with E-state index in [0.29, 0.717) is 12.3 Å². The van der Waals surface area contributed by atoms with Crippen molar-refractivity contribution in [2.24, 2.45) is 11.8 Å².